The molecule has 1 amide bonds. The number of nitro groups is 1. The maximum Gasteiger partial charge on any atom is 0.269 e. The number of likely N-dealkylation sites (N-methyl/N-ethyl adjacent to an activating group) is 1. The Labute approximate surface area is 226 Å². The van der Waals surface area contributed by atoms with Crippen molar-refractivity contribution in [3.8, 4) is 0 Å². The van der Waals surface area contributed by atoms with E-state index in [1.165, 1.54) is 47.2 Å². The molecule has 200 valence electrons. The average Bonchev–Trinajstić information content (AvgIpc) is 3.34. The minimum Gasteiger partial charge on any atom is -0.352 e. The van der Waals surface area contributed by atoms with Crippen LogP contribution in [0.25, 0.3) is 10.2 Å². The number of nitrogens with zero attached hydrogens (tertiary/aromatic N) is 6. The molecule has 1 aromatic carbocycles. The first-order chi connectivity index (χ1) is 18.5. The van der Waals surface area contributed by atoms with Crippen molar-refractivity contribution in [2.24, 2.45) is 0 Å². The molecule has 6 rings (SSSR count). The lowest BCUT2D eigenvalue weighted by atomic mass is 9.88. The lowest BCUT2D eigenvalue weighted by molar-refractivity contribution is -0.384. The summed E-state index contributed by atoms with van der Waals surface area (Å²) in [4.78, 5) is 43.3. The van der Waals surface area contributed by atoms with Crippen molar-refractivity contribution in [3.05, 3.63) is 56.2 Å². The molecule has 2 aliphatic heterocycles. The standard InChI is InChI=1S/C28H34N6O3S/c1-2-31-13-12-22-23(18-31)38-27-24(22)26(29-25(30-27)19-6-4-3-5-7-19)32-14-16-33(17-15-32)28(35)20-8-10-21(11-9-20)34(36)37/h8-11,19H,2-7,12-18H2,1H3. The summed E-state index contributed by atoms with van der Waals surface area (Å²) in [5.41, 5.74) is 1.90. The van der Waals surface area contributed by atoms with E-state index >= 15 is 0 Å². The predicted molar refractivity (Wildman–Crippen MR) is 149 cm³/mol. The van der Waals surface area contributed by atoms with Gasteiger partial charge in [-0.2, -0.15) is 0 Å². The third kappa shape index (κ3) is 4.75. The molecule has 2 fully saturated rings. The van der Waals surface area contributed by atoms with E-state index < -0.39 is 4.92 Å². The van der Waals surface area contributed by atoms with Crippen molar-refractivity contribution in [1.29, 1.82) is 0 Å². The molecule has 0 spiro atoms. The fraction of sp³-hybridized carbons (Fsp3) is 0.536. The molecule has 0 bridgehead atoms. The van der Waals surface area contributed by atoms with Gasteiger partial charge < -0.3 is 9.80 Å². The van der Waals surface area contributed by atoms with Gasteiger partial charge in [-0.05, 0) is 43.5 Å². The molecule has 3 aromatic rings. The van der Waals surface area contributed by atoms with Crippen molar-refractivity contribution >= 4 is 39.0 Å². The van der Waals surface area contributed by atoms with Crippen LogP contribution in [-0.4, -0.2) is 69.9 Å². The summed E-state index contributed by atoms with van der Waals surface area (Å²) in [5.74, 6) is 2.41. The number of fused-ring (bicyclic) bond motifs is 3. The van der Waals surface area contributed by atoms with E-state index in [0.29, 0.717) is 37.7 Å². The lowest BCUT2D eigenvalue weighted by Gasteiger charge is -2.36. The summed E-state index contributed by atoms with van der Waals surface area (Å²) in [7, 11) is 0. The minimum absolute atomic E-state index is 0.00549. The van der Waals surface area contributed by atoms with Crippen LogP contribution in [-0.2, 0) is 13.0 Å². The molecule has 0 N–H and O–H groups in total. The first-order valence-electron chi connectivity index (χ1n) is 13.8. The van der Waals surface area contributed by atoms with Crippen LogP contribution in [0.15, 0.2) is 24.3 Å². The van der Waals surface area contributed by atoms with Crippen molar-refractivity contribution in [1.82, 2.24) is 19.8 Å². The molecule has 2 aromatic heterocycles. The summed E-state index contributed by atoms with van der Waals surface area (Å²) >= 11 is 1.85. The summed E-state index contributed by atoms with van der Waals surface area (Å²) in [6, 6.07) is 5.89. The second-order valence-corrected chi connectivity index (χ2v) is 11.7. The van der Waals surface area contributed by atoms with E-state index in [9.17, 15) is 14.9 Å². The Balaban J connectivity index is 1.27. The predicted octanol–water partition coefficient (Wildman–Crippen LogP) is 4.99. The number of aromatic nitrogens is 2. The summed E-state index contributed by atoms with van der Waals surface area (Å²) in [6.07, 6.45) is 7.15. The smallest absolute Gasteiger partial charge is 0.269 e. The molecule has 1 saturated carbocycles. The Morgan fingerprint density at radius 2 is 1.79 bits per heavy atom. The van der Waals surface area contributed by atoms with Crippen LogP contribution in [0.2, 0.25) is 0 Å². The van der Waals surface area contributed by atoms with E-state index in [4.69, 9.17) is 9.97 Å². The van der Waals surface area contributed by atoms with Gasteiger partial charge >= 0.3 is 0 Å². The number of non-ortho nitro benzene ring substituents is 1. The van der Waals surface area contributed by atoms with E-state index in [0.717, 1.165) is 55.4 Å². The van der Waals surface area contributed by atoms with Gasteiger partial charge in [-0.15, -0.1) is 11.3 Å². The normalized spacial score (nSPS) is 19.1. The van der Waals surface area contributed by atoms with E-state index in [2.05, 4.69) is 16.7 Å². The van der Waals surface area contributed by atoms with Gasteiger partial charge in [0.2, 0.25) is 0 Å². The number of nitro benzene ring substituents is 1. The van der Waals surface area contributed by atoms with Crippen LogP contribution in [0.3, 0.4) is 0 Å². The molecule has 3 aliphatic rings. The lowest BCUT2D eigenvalue weighted by Crippen LogP contribution is -2.49. The third-order valence-corrected chi connectivity index (χ3v) is 9.50. The highest BCUT2D eigenvalue weighted by atomic mass is 32.1. The SMILES string of the molecule is CCN1CCc2c(sc3nc(C4CCCCC4)nc(N4CCN(C(=O)c5ccc([N+](=O)[O-])cc5)CC4)c23)C1. The van der Waals surface area contributed by atoms with Crippen LogP contribution in [0.4, 0.5) is 11.5 Å². The summed E-state index contributed by atoms with van der Waals surface area (Å²) in [6.45, 7) is 7.94. The number of piperazine rings is 1. The number of hydrogen-bond acceptors (Lipinski definition) is 8. The molecule has 1 aliphatic carbocycles. The maximum atomic E-state index is 13.1. The van der Waals surface area contributed by atoms with Gasteiger partial charge in [-0.1, -0.05) is 26.2 Å². The minimum atomic E-state index is -0.444. The molecule has 38 heavy (non-hydrogen) atoms. The number of amides is 1. The zero-order chi connectivity index (χ0) is 26.2. The van der Waals surface area contributed by atoms with Gasteiger partial charge in [0.15, 0.2) is 0 Å². The summed E-state index contributed by atoms with van der Waals surface area (Å²) in [5, 5.41) is 12.2. The zero-order valence-corrected chi connectivity index (χ0v) is 22.7. The van der Waals surface area contributed by atoms with Crippen molar-refractivity contribution in [2.75, 3.05) is 44.2 Å². The molecular formula is C28H34N6O3S. The maximum absolute atomic E-state index is 13.1. The van der Waals surface area contributed by atoms with Gasteiger partial charge in [0.1, 0.15) is 16.5 Å². The highest BCUT2D eigenvalue weighted by Gasteiger charge is 2.30. The summed E-state index contributed by atoms with van der Waals surface area (Å²) < 4.78 is 0. The second kappa shape index (κ2) is 10.6. The number of carbonyl (C=O) groups excluding carboxylic acids is 1. The second-order valence-electron chi connectivity index (χ2n) is 10.6. The highest BCUT2D eigenvalue weighted by molar-refractivity contribution is 7.19. The van der Waals surface area contributed by atoms with Crippen molar-refractivity contribution in [2.45, 2.75) is 57.9 Å². The molecule has 4 heterocycles. The Bertz CT molecular complexity index is 1340. The van der Waals surface area contributed by atoms with E-state index in [1.54, 1.807) is 12.1 Å². The van der Waals surface area contributed by atoms with Crippen LogP contribution < -0.4 is 4.90 Å². The monoisotopic (exact) mass is 534 g/mol. The van der Waals surface area contributed by atoms with Crippen LogP contribution >= 0.6 is 11.3 Å². The molecular weight excluding hydrogens is 500 g/mol. The number of benzene rings is 1. The third-order valence-electron chi connectivity index (χ3n) is 8.39. The first-order valence-corrected chi connectivity index (χ1v) is 14.7. The fourth-order valence-corrected chi connectivity index (χ4v) is 7.38. The van der Waals surface area contributed by atoms with Crippen LogP contribution in [0, 0.1) is 10.1 Å². The number of hydrogen-bond donors (Lipinski definition) is 0. The molecule has 1 saturated heterocycles. The molecule has 0 atom stereocenters. The van der Waals surface area contributed by atoms with Gasteiger partial charge in [-0.25, -0.2) is 9.97 Å². The zero-order valence-electron chi connectivity index (χ0n) is 21.9. The Kier molecular flexibility index (Phi) is 7.01. The number of anilines is 1. The van der Waals surface area contributed by atoms with Gasteiger partial charge in [0.05, 0.1) is 10.3 Å². The number of thiophene rings is 1. The van der Waals surface area contributed by atoms with Gasteiger partial charge in [0, 0.05) is 67.8 Å². The highest BCUT2D eigenvalue weighted by Crippen LogP contribution is 2.41. The molecule has 9 nitrogen and oxygen atoms in total. The molecule has 0 radical (unpaired) electrons. The van der Waals surface area contributed by atoms with Gasteiger partial charge in [0.25, 0.3) is 11.6 Å². The van der Waals surface area contributed by atoms with Crippen LogP contribution in [0.1, 0.15) is 71.6 Å². The topological polar surface area (TPSA) is 95.7 Å². The quantitative estimate of drug-likeness (QED) is 0.336. The average molecular weight is 535 g/mol. The van der Waals surface area contributed by atoms with Gasteiger partial charge in [-0.3, -0.25) is 19.8 Å². The molecule has 0 unspecified atom stereocenters. The van der Waals surface area contributed by atoms with E-state index in [1.807, 2.05) is 16.2 Å². The fourth-order valence-electron chi connectivity index (χ4n) is 6.12. The Hall–Kier alpha value is -3.11. The Morgan fingerprint density at radius 3 is 2.47 bits per heavy atom. The first kappa shape index (κ1) is 25.2. The Morgan fingerprint density at radius 1 is 1.05 bits per heavy atom. The van der Waals surface area contributed by atoms with E-state index in [-0.39, 0.29) is 11.6 Å². The number of rotatable bonds is 5. The van der Waals surface area contributed by atoms with Crippen molar-refractivity contribution < 1.29 is 9.72 Å². The largest absolute Gasteiger partial charge is 0.352 e. The number of carbonyl (C=O) groups is 1. The van der Waals surface area contributed by atoms with Crippen molar-refractivity contribution in [3.63, 3.8) is 0 Å². The molecule has 10 heteroatoms. The van der Waals surface area contributed by atoms with Crippen LogP contribution in [0.5, 0.6) is 0 Å².